The number of aromatic nitrogens is 2. The van der Waals surface area contributed by atoms with Crippen molar-refractivity contribution >= 4 is 17.3 Å². The van der Waals surface area contributed by atoms with Crippen molar-refractivity contribution in [2.45, 2.75) is 6.92 Å². The van der Waals surface area contributed by atoms with Crippen molar-refractivity contribution in [1.29, 1.82) is 0 Å². The standard InChI is InChI=1S/C12H13FN4O/c1-7-3-4-8(13)5-10(7)15-12(18)11-9(14)6-17(2)16-11/h3-6H,14H2,1-2H3,(H,15,18). The van der Waals surface area contributed by atoms with Gasteiger partial charge < -0.3 is 11.1 Å². The van der Waals surface area contributed by atoms with Gasteiger partial charge in [0.1, 0.15) is 5.82 Å². The highest BCUT2D eigenvalue weighted by atomic mass is 19.1. The van der Waals surface area contributed by atoms with Gasteiger partial charge >= 0.3 is 0 Å². The first-order valence-electron chi connectivity index (χ1n) is 5.34. The van der Waals surface area contributed by atoms with E-state index in [4.69, 9.17) is 5.73 Å². The molecule has 1 aromatic heterocycles. The second-order valence-corrected chi connectivity index (χ2v) is 4.02. The highest BCUT2D eigenvalue weighted by molar-refractivity contribution is 6.06. The summed E-state index contributed by atoms with van der Waals surface area (Å²) in [7, 11) is 1.67. The average molecular weight is 248 g/mol. The van der Waals surface area contributed by atoms with Crippen molar-refractivity contribution in [2.24, 2.45) is 7.05 Å². The van der Waals surface area contributed by atoms with Gasteiger partial charge in [-0.15, -0.1) is 0 Å². The molecular formula is C12H13FN4O. The molecular weight excluding hydrogens is 235 g/mol. The van der Waals surface area contributed by atoms with Crippen molar-refractivity contribution in [3.63, 3.8) is 0 Å². The first kappa shape index (κ1) is 12.1. The summed E-state index contributed by atoms with van der Waals surface area (Å²) < 4.78 is 14.5. The number of aryl methyl sites for hydroxylation is 2. The van der Waals surface area contributed by atoms with Crippen LogP contribution in [0.25, 0.3) is 0 Å². The lowest BCUT2D eigenvalue weighted by Crippen LogP contribution is -2.15. The van der Waals surface area contributed by atoms with Crippen molar-refractivity contribution in [3.8, 4) is 0 Å². The van der Waals surface area contributed by atoms with E-state index in [2.05, 4.69) is 10.4 Å². The van der Waals surface area contributed by atoms with Crippen LogP contribution in [-0.4, -0.2) is 15.7 Å². The SMILES string of the molecule is Cc1ccc(F)cc1NC(=O)c1nn(C)cc1N. The lowest BCUT2D eigenvalue weighted by atomic mass is 10.2. The number of nitrogens with two attached hydrogens (primary N) is 1. The van der Waals surface area contributed by atoms with Gasteiger partial charge in [-0.1, -0.05) is 6.07 Å². The summed E-state index contributed by atoms with van der Waals surface area (Å²) in [6, 6.07) is 4.18. The largest absolute Gasteiger partial charge is 0.396 e. The minimum atomic E-state index is -0.457. The fourth-order valence-corrected chi connectivity index (χ4v) is 1.59. The van der Waals surface area contributed by atoms with Crippen LogP contribution in [0, 0.1) is 12.7 Å². The fraction of sp³-hybridized carbons (Fsp3) is 0.167. The molecule has 2 rings (SSSR count). The number of rotatable bonds is 2. The fourth-order valence-electron chi connectivity index (χ4n) is 1.59. The van der Waals surface area contributed by atoms with Gasteiger partial charge in [-0.05, 0) is 24.6 Å². The molecule has 1 amide bonds. The Morgan fingerprint density at radius 2 is 2.22 bits per heavy atom. The molecule has 0 bridgehead atoms. The van der Waals surface area contributed by atoms with Gasteiger partial charge in [0.25, 0.3) is 5.91 Å². The number of nitrogen functional groups attached to an aromatic ring is 1. The number of halogens is 1. The quantitative estimate of drug-likeness (QED) is 0.849. The third-order valence-corrected chi connectivity index (χ3v) is 2.52. The molecule has 18 heavy (non-hydrogen) atoms. The highest BCUT2D eigenvalue weighted by Gasteiger charge is 2.15. The van der Waals surface area contributed by atoms with Crippen LogP contribution in [0.2, 0.25) is 0 Å². The number of anilines is 2. The molecule has 0 aliphatic heterocycles. The normalized spacial score (nSPS) is 10.4. The van der Waals surface area contributed by atoms with E-state index in [1.165, 1.54) is 23.0 Å². The zero-order valence-corrected chi connectivity index (χ0v) is 10.1. The number of hydrogen-bond donors (Lipinski definition) is 2. The van der Waals surface area contributed by atoms with Crippen LogP contribution in [0.1, 0.15) is 16.1 Å². The number of carbonyl (C=O) groups is 1. The third kappa shape index (κ3) is 2.32. The molecule has 0 saturated heterocycles. The van der Waals surface area contributed by atoms with E-state index >= 15 is 0 Å². The van der Waals surface area contributed by atoms with Gasteiger partial charge in [-0.2, -0.15) is 5.10 Å². The van der Waals surface area contributed by atoms with Crippen LogP contribution in [0.4, 0.5) is 15.8 Å². The van der Waals surface area contributed by atoms with Crippen LogP contribution >= 0.6 is 0 Å². The Morgan fingerprint density at radius 1 is 1.50 bits per heavy atom. The molecule has 0 atom stereocenters. The number of benzene rings is 1. The minimum absolute atomic E-state index is 0.126. The van der Waals surface area contributed by atoms with E-state index < -0.39 is 11.7 Å². The topological polar surface area (TPSA) is 72.9 Å². The predicted molar refractivity (Wildman–Crippen MR) is 66.7 cm³/mol. The van der Waals surface area contributed by atoms with E-state index in [-0.39, 0.29) is 11.4 Å². The summed E-state index contributed by atoms with van der Waals surface area (Å²) >= 11 is 0. The van der Waals surface area contributed by atoms with Gasteiger partial charge in [0.05, 0.1) is 5.69 Å². The Balaban J connectivity index is 2.26. The first-order valence-corrected chi connectivity index (χ1v) is 5.34. The molecule has 94 valence electrons. The molecule has 1 heterocycles. The predicted octanol–water partition coefficient (Wildman–Crippen LogP) is 1.70. The average Bonchev–Trinajstić information content (AvgIpc) is 2.63. The summed E-state index contributed by atoms with van der Waals surface area (Å²) in [6.07, 6.45) is 1.54. The van der Waals surface area contributed by atoms with Gasteiger partial charge in [-0.3, -0.25) is 9.48 Å². The number of nitrogens with zero attached hydrogens (tertiary/aromatic N) is 2. The maximum Gasteiger partial charge on any atom is 0.278 e. The zero-order valence-electron chi connectivity index (χ0n) is 10.1. The molecule has 0 fully saturated rings. The van der Waals surface area contributed by atoms with Gasteiger partial charge in [0, 0.05) is 18.9 Å². The molecule has 0 spiro atoms. The summed E-state index contributed by atoms with van der Waals surface area (Å²) in [5, 5.41) is 6.53. The lowest BCUT2D eigenvalue weighted by Gasteiger charge is -2.07. The van der Waals surface area contributed by atoms with Gasteiger partial charge in [0.2, 0.25) is 0 Å². The number of carbonyl (C=O) groups excluding carboxylic acids is 1. The van der Waals surface area contributed by atoms with Crippen LogP contribution in [0.15, 0.2) is 24.4 Å². The van der Waals surface area contributed by atoms with Crippen molar-refractivity contribution in [2.75, 3.05) is 11.1 Å². The maximum absolute atomic E-state index is 13.1. The van der Waals surface area contributed by atoms with E-state index in [1.54, 1.807) is 20.0 Å². The van der Waals surface area contributed by atoms with E-state index in [1.807, 2.05) is 0 Å². The van der Waals surface area contributed by atoms with Crippen molar-refractivity contribution < 1.29 is 9.18 Å². The van der Waals surface area contributed by atoms with Crippen molar-refractivity contribution in [1.82, 2.24) is 9.78 Å². The molecule has 2 aromatic rings. The van der Waals surface area contributed by atoms with Crippen LogP contribution < -0.4 is 11.1 Å². The molecule has 5 nitrogen and oxygen atoms in total. The Labute approximate surface area is 103 Å². The smallest absolute Gasteiger partial charge is 0.278 e. The van der Waals surface area contributed by atoms with Crippen molar-refractivity contribution in [3.05, 3.63) is 41.5 Å². The highest BCUT2D eigenvalue weighted by Crippen LogP contribution is 2.18. The Morgan fingerprint density at radius 3 is 2.83 bits per heavy atom. The number of nitrogens with one attached hydrogen (secondary N) is 1. The molecule has 1 aromatic carbocycles. The van der Waals surface area contributed by atoms with Gasteiger partial charge in [-0.25, -0.2) is 4.39 Å². The lowest BCUT2D eigenvalue weighted by molar-refractivity contribution is 0.102. The summed E-state index contributed by atoms with van der Waals surface area (Å²) in [6.45, 7) is 1.77. The van der Waals surface area contributed by atoms with E-state index in [9.17, 15) is 9.18 Å². The zero-order chi connectivity index (χ0) is 13.3. The molecule has 0 saturated carbocycles. The van der Waals surface area contributed by atoms with E-state index in [0.717, 1.165) is 5.56 Å². The molecule has 0 aliphatic carbocycles. The van der Waals surface area contributed by atoms with Crippen LogP contribution in [-0.2, 0) is 7.05 Å². The Hall–Kier alpha value is -2.37. The monoisotopic (exact) mass is 248 g/mol. The number of amides is 1. The minimum Gasteiger partial charge on any atom is -0.396 e. The maximum atomic E-state index is 13.1. The second-order valence-electron chi connectivity index (χ2n) is 4.02. The molecule has 3 N–H and O–H groups in total. The molecule has 0 unspecified atom stereocenters. The Kier molecular flexibility index (Phi) is 3.01. The molecule has 0 radical (unpaired) electrons. The second kappa shape index (κ2) is 4.48. The Bertz CT molecular complexity index is 606. The van der Waals surface area contributed by atoms with Crippen LogP contribution in [0.3, 0.4) is 0 Å². The molecule has 6 heteroatoms. The third-order valence-electron chi connectivity index (χ3n) is 2.52. The summed E-state index contributed by atoms with van der Waals surface area (Å²) in [5.74, 6) is -0.869. The first-order chi connectivity index (χ1) is 8.47. The molecule has 0 aliphatic rings. The van der Waals surface area contributed by atoms with Gasteiger partial charge in [0.15, 0.2) is 5.69 Å². The summed E-state index contributed by atoms with van der Waals surface area (Å²) in [4.78, 5) is 11.9. The summed E-state index contributed by atoms with van der Waals surface area (Å²) in [5.41, 5.74) is 7.22. The van der Waals surface area contributed by atoms with E-state index in [0.29, 0.717) is 5.69 Å². The van der Waals surface area contributed by atoms with Crippen LogP contribution in [0.5, 0.6) is 0 Å². The number of hydrogen-bond acceptors (Lipinski definition) is 3.